The zero-order chi connectivity index (χ0) is 15.6. The number of amides is 1. The molecule has 0 spiro atoms. The van der Waals surface area contributed by atoms with Crippen molar-refractivity contribution in [1.29, 1.82) is 0 Å². The molecular weight excluding hydrogens is 256 g/mol. The molecule has 2 saturated heterocycles. The van der Waals surface area contributed by atoms with E-state index in [1.165, 1.54) is 0 Å². The van der Waals surface area contributed by atoms with Crippen molar-refractivity contribution in [2.75, 3.05) is 0 Å². The monoisotopic (exact) mass is 285 g/mol. The van der Waals surface area contributed by atoms with Crippen LogP contribution in [0.25, 0.3) is 0 Å². The van der Waals surface area contributed by atoms with Crippen LogP contribution in [0.1, 0.15) is 61.3 Å². The molecule has 2 rings (SSSR count). The number of carbonyl (C=O) groups excluding carboxylic acids is 1. The maximum atomic E-state index is 12.3. The van der Waals surface area contributed by atoms with Gasteiger partial charge in [-0.3, -0.25) is 4.90 Å². The van der Waals surface area contributed by atoms with Gasteiger partial charge in [0, 0.05) is 18.9 Å². The summed E-state index contributed by atoms with van der Waals surface area (Å²) < 4.78 is 5.39. The smallest absolute Gasteiger partial charge is 0.413 e. The summed E-state index contributed by atoms with van der Waals surface area (Å²) in [6.45, 7) is 13.9. The Labute approximate surface area is 121 Å². The van der Waals surface area contributed by atoms with E-state index >= 15 is 0 Å². The fraction of sp³-hybridized carbons (Fsp3) is 0.933. The van der Waals surface area contributed by atoms with Crippen molar-refractivity contribution in [2.45, 2.75) is 89.8 Å². The molecule has 0 aromatic carbocycles. The van der Waals surface area contributed by atoms with E-state index < -0.39 is 17.4 Å². The summed E-state index contributed by atoms with van der Waals surface area (Å²) in [5, 5.41) is 13.2. The summed E-state index contributed by atoms with van der Waals surface area (Å²) in [7, 11) is 0. The van der Waals surface area contributed by atoms with Gasteiger partial charge in [0.2, 0.25) is 0 Å². The largest absolute Gasteiger partial charge is 0.438 e. The highest BCUT2D eigenvalue weighted by Crippen LogP contribution is 2.41. The van der Waals surface area contributed by atoms with Crippen LogP contribution < -0.4 is 5.32 Å². The number of hydrogen-bond acceptors (Lipinski definition) is 3. The normalized spacial score (nSPS) is 36.0. The van der Waals surface area contributed by atoms with E-state index in [1.54, 1.807) is 25.7 Å². The second-order valence-corrected chi connectivity index (χ2v) is 8.45. The molecule has 1 amide bonds. The Hall–Kier alpha value is -0.810. The molecule has 2 heterocycles. The number of cyclic esters (lactones) is 1. The number of aliphatic hydroxyl groups is 1. The molecule has 3 N–H and O–H groups in total. The topological polar surface area (TPSA) is 66.4 Å². The lowest BCUT2D eigenvalue weighted by atomic mass is 9.78. The third kappa shape index (κ3) is 2.42. The molecule has 1 atom stereocenters. The molecule has 0 aromatic heterocycles. The second kappa shape index (κ2) is 4.10. The molecule has 2 fully saturated rings. The molecule has 5 nitrogen and oxygen atoms in total. The predicted molar refractivity (Wildman–Crippen MR) is 76.1 cm³/mol. The van der Waals surface area contributed by atoms with Crippen molar-refractivity contribution >= 4 is 6.09 Å². The zero-order valence-corrected chi connectivity index (χ0v) is 13.8. The van der Waals surface area contributed by atoms with Crippen LogP contribution in [0, 0.1) is 0 Å². The number of piperidine rings is 1. The molecule has 2 aliphatic heterocycles. The summed E-state index contributed by atoms with van der Waals surface area (Å²) in [6.07, 6.45) is 1.29. The Balaban J connectivity index is 2.33. The molecular formula is C15H29N2O3+. The first kappa shape index (κ1) is 15.6. The summed E-state index contributed by atoms with van der Waals surface area (Å²) in [4.78, 5) is 13.8. The number of quaternary nitrogens is 1. The van der Waals surface area contributed by atoms with Crippen molar-refractivity contribution in [1.82, 2.24) is 4.90 Å². The Morgan fingerprint density at radius 2 is 1.55 bits per heavy atom. The summed E-state index contributed by atoms with van der Waals surface area (Å²) >= 11 is 0. The van der Waals surface area contributed by atoms with E-state index in [4.69, 9.17) is 4.74 Å². The number of nitrogens with zero attached hydrogens (tertiary/aromatic N) is 1. The van der Waals surface area contributed by atoms with Gasteiger partial charge in [-0.1, -0.05) is 0 Å². The van der Waals surface area contributed by atoms with Crippen molar-refractivity contribution in [3.63, 3.8) is 0 Å². The highest BCUT2D eigenvalue weighted by molar-refractivity contribution is 5.72. The highest BCUT2D eigenvalue weighted by atomic mass is 16.6. The lowest BCUT2D eigenvalue weighted by Crippen LogP contribution is -3.06. The van der Waals surface area contributed by atoms with Gasteiger partial charge in [0.25, 0.3) is 0 Å². The Kier molecular flexibility index (Phi) is 3.20. The predicted octanol–water partition coefficient (Wildman–Crippen LogP) is 1.21. The zero-order valence-electron chi connectivity index (χ0n) is 13.8. The lowest BCUT2D eigenvalue weighted by molar-refractivity contribution is -0.788. The van der Waals surface area contributed by atoms with Crippen LogP contribution in [0.4, 0.5) is 4.79 Å². The number of nitrogens with two attached hydrogens (primary N) is 1. The Morgan fingerprint density at radius 3 is 1.90 bits per heavy atom. The minimum atomic E-state index is -1.28. The van der Waals surface area contributed by atoms with Gasteiger partial charge in [0.15, 0.2) is 11.3 Å². The first-order valence-electron chi connectivity index (χ1n) is 7.39. The van der Waals surface area contributed by atoms with Crippen molar-refractivity contribution in [3.8, 4) is 0 Å². The average molecular weight is 285 g/mol. The van der Waals surface area contributed by atoms with Crippen molar-refractivity contribution in [3.05, 3.63) is 0 Å². The van der Waals surface area contributed by atoms with Crippen LogP contribution in [-0.2, 0) is 4.74 Å². The number of hydrogen-bond donors (Lipinski definition) is 2. The molecule has 0 unspecified atom stereocenters. The molecule has 5 heteroatoms. The summed E-state index contributed by atoms with van der Waals surface area (Å²) in [5.74, 6) is 0. The van der Waals surface area contributed by atoms with E-state index in [1.807, 2.05) is 0 Å². The van der Waals surface area contributed by atoms with E-state index in [9.17, 15) is 9.90 Å². The van der Waals surface area contributed by atoms with Gasteiger partial charge in [-0.25, -0.2) is 4.79 Å². The molecule has 20 heavy (non-hydrogen) atoms. The third-order valence-corrected chi connectivity index (χ3v) is 4.82. The summed E-state index contributed by atoms with van der Waals surface area (Å²) in [6, 6.07) is -0.00530. The van der Waals surface area contributed by atoms with Crippen LogP contribution in [0.2, 0.25) is 0 Å². The minimum absolute atomic E-state index is 0.00530. The number of carbonyl (C=O) groups is 1. The van der Waals surface area contributed by atoms with Crippen molar-refractivity contribution < 1.29 is 20.0 Å². The van der Waals surface area contributed by atoms with Gasteiger partial charge in [0.1, 0.15) is 0 Å². The van der Waals surface area contributed by atoms with Gasteiger partial charge in [-0.05, 0) is 48.5 Å². The van der Waals surface area contributed by atoms with Gasteiger partial charge in [-0.15, -0.1) is 0 Å². The maximum absolute atomic E-state index is 12.3. The molecule has 0 aromatic rings. The van der Waals surface area contributed by atoms with Crippen LogP contribution in [0.5, 0.6) is 0 Å². The fourth-order valence-electron chi connectivity index (χ4n) is 3.98. The molecule has 2 aliphatic rings. The Bertz CT molecular complexity index is 411. The number of rotatable bonds is 1. The van der Waals surface area contributed by atoms with Gasteiger partial charge >= 0.3 is 6.09 Å². The molecule has 0 bridgehead atoms. The third-order valence-electron chi connectivity index (χ3n) is 4.82. The first-order valence-corrected chi connectivity index (χ1v) is 7.39. The SMILES string of the molecule is CC1(C)CC(N2C(=O)OC(C)(C)[C@]2(C)O)CC(C)(C)[NH2+]1. The van der Waals surface area contributed by atoms with Crippen LogP contribution in [0.3, 0.4) is 0 Å². The molecule has 0 aliphatic carbocycles. The lowest BCUT2D eigenvalue weighted by Gasteiger charge is -2.48. The second-order valence-electron chi connectivity index (χ2n) is 8.45. The fourth-order valence-corrected chi connectivity index (χ4v) is 3.98. The molecule has 116 valence electrons. The quantitative estimate of drug-likeness (QED) is 0.761. The minimum Gasteiger partial charge on any atom is -0.438 e. The highest BCUT2D eigenvalue weighted by Gasteiger charge is 2.60. The van der Waals surface area contributed by atoms with Crippen molar-refractivity contribution in [2.24, 2.45) is 0 Å². The van der Waals surface area contributed by atoms with E-state index in [2.05, 4.69) is 33.0 Å². The van der Waals surface area contributed by atoms with Gasteiger partial charge in [0.05, 0.1) is 11.1 Å². The van der Waals surface area contributed by atoms with Crippen LogP contribution in [0.15, 0.2) is 0 Å². The van der Waals surface area contributed by atoms with E-state index in [0.717, 1.165) is 12.8 Å². The molecule has 0 saturated carbocycles. The van der Waals surface area contributed by atoms with E-state index in [-0.39, 0.29) is 17.1 Å². The maximum Gasteiger partial charge on any atom is 0.413 e. The van der Waals surface area contributed by atoms with Crippen LogP contribution >= 0.6 is 0 Å². The Morgan fingerprint density at radius 1 is 1.10 bits per heavy atom. The van der Waals surface area contributed by atoms with E-state index in [0.29, 0.717) is 0 Å². The standard InChI is InChI=1S/C15H28N2O3/c1-12(2)8-10(9-13(3,4)16-12)17-11(18)20-14(5,6)15(17,7)19/h10,16,19H,8-9H2,1-7H3/p+1/t15-/m0/s1. The molecule has 0 radical (unpaired) electrons. The summed E-state index contributed by atoms with van der Waals surface area (Å²) in [5.41, 5.74) is -2.09. The first-order chi connectivity index (χ1) is 8.78. The number of ether oxygens (including phenoxy) is 1. The van der Waals surface area contributed by atoms with Gasteiger partial charge in [-0.2, -0.15) is 0 Å². The average Bonchev–Trinajstić information content (AvgIpc) is 2.24. The van der Waals surface area contributed by atoms with Gasteiger partial charge < -0.3 is 15.2 Å². The van der Waals surface area contributed by atoms with Crippen LogP contribution in [-0.4, -0.2) is 44.5 Å².